The molecule has 0 saturated carbocycles. The first-order chi connectivity index (χ1) is 18.6. The number of H-pyrrole nitrogens is 1. The van der Waals surface area contributed by atoms with Gasteiger partial charge in [-0.1, -0.05) is 19.1 Å². The molecule has 0 radical (unpaired) electrons. The summed E-state index contributed by atoms with van der Waals surface area (Å²) in [4.78, 5) is 21.4. The Labute approximate surface area is 219 Å². The van der Waals surface area contributed by atoms with Crippen molar-refractivity contribution < 1.29 is 14.2 Å². The minimum absolute atomic E-state index is 0.170. The lowest BCUT2D eigenvalue weighted by Gasteiger charge is -2.38. The second kappa shape index (κ2) is 10.4. The van der Waals surface area contributed by atoms with Gasteiger partial charge in [0.05, 0.1) is 19.2 Å². The van der Waals surface area contributed by atoms with Gasteiger partial charge < -0.3 is 24.1 Å². The Kier molecular flexibility index (Phi) is 6.69. The Morgan fingerprint density at radius 3 is 2.55 bits per heavy atom. The van der Waals surface area contributed by atoms with E-state index in [-0.39, 0.29) is 12.4 Å². The number of nitrogens with zero attached hydrogens (tertiary/aromatic N) is 6. The zero-order valence-electron chi connectivity index (χ0n) is 21.6. The molecule has 4 aromatic rings. The van der Waals surface area contributed by atoms with Crippen LogP contribution in [0.5, 0.6) is 17.2 Å². The Hall–Kier alpha value is -3.96. The van der Waals surface area contributed by atoms with Gasteiger partial charge in [-0.2, -0.15) is 0 Å². The molecule has 11 heteroatoms. The van der Waals surface area contributed by atoms with E-state index in [4.69, 9.17) is 14.2 Å². The molecule has 0 amide bonds. The third-order valence-corrected chi connectivity index (χ3v) is 7.27. The van der Waals surface area contributed by atoms with E-state index in [0.29, 0.717) is 34.9 Å². The number of hydrogen-bond donors (Lipinski definition) is 1. The number of methoxy groups -OCH3 is 1. The molecule has 0 spiro atoms. The third-order valence-electron chi connectivity index (χ3n) is 7.27. The summed E-state index contributed by atoms with van der Waals surface area (Å²) in [6.07, 6.45) is 1.12. The summed E-state index contributed by atoms with van der Waals surface area (Å²) in [5.74, 6) is 2.73. The second-order valence-corrected chi connectivity index (χ2v) is 9.67. The van der Waals surface area contributed by atoms with E-state index in [0.717, 1.165) is 55.8 Å². The first kappa shape index (κ1) is 24.4. The Morgan fingerprint density at radius 2 is 1.82 bits per heavy atom. The van der Waals surface area contributed by atoms with Crippen molar-refractivity contribution in [1.29, 1.82) is 0 Å². The van der Waals surface area contributed by atoms with Gasteiger partial charge in [0, 0.05) is 43.2 Å². The largest absolute Gasteiger partial charge is 0.497 e. The summed E-state index contributed by atoms with van der Waals surface area (Å²) in [5.41, 5.74) is 2.17. The number of pyridine rings is 1. The fourth-order valence-corrected chi connectivity index (χ4v) is 5.30. The van der Waals surface area contributed by atoms with Gasteiger partial charge in [-0.05, 0) is 53.2 Å². The molecule has 0 bridgehead atoms. The molecule has 2 aromatic heterocycles. The van der Waals surface area contributed by atoms with Crippen LogP contribution in [0.25, 0.3) is 10.9 Å². The highest BCUT2D eigenvalue weighted by Gasteiger charge is 2.33. The second-order valence-electron chi connectivity index (χ2n) is 9.67. The average molecular weight is 518 g/mol. The van der Waals surface area contributed by atoms with Crippen molar-refractivity contribution in [3.05, 3.63) is 69.8 Å². The molecular formula is C27H31N7O4. The zero-order valence-corrected chi connectivity index (χ0v) is 21.6. The molecule has 2 aromatic carbocycles. The first-order valence-corrected chi connectivity index (χ1v) is 12.9. The minimum atomic E-state index is -0.411. The van der Waals surface area contributed by atoms with E-state index >= 15 is 0 Å². The maximum atomic E-state index is 13.6. The topological polar surface area (TPSA) is 111 Å². The van der Waals surface area contributed by atoms with E-state index in [1.807, 2.05) is 42.5 Å². The van der Waals surface area contributed by atoms with Crippen LogP contribution in [0, 0.1) is 0 Å². The number of piperazine rings is 1. The molecule has 1 atom stereocenters. The van der Waals surface area contributed by atoms with Crippen molar-refractivity contribution in [3.63, 3.8) is 0 Å². The third kappa shape index (κ3) is 4.70. The lowest BCUT2D eigenvalue weighted by molar-refractivity contribution is 0.104. The van der Waals surface area contributed by atoms with Crippen molar-refractivity contribution in [3.8, 4) is 17.2 Å². The molecule has 1 N–H and O–H groups in total. The van der Waals surface area contributed by atoms with Crippen LogP contribution >= 0.6 is 0 Å². The maximum absolute atomic E-state index is 13.6. The van der Waals surface area contributed by atoms with E-state index in [2.05, 4.69) is 37.2 Å². The molecule has 6 rings (SSSR count). The fourth-order valence-electron chi connectivity index (χ4n) is 5.30. The van der Waals surface area contributed by atoms with Gasteiger partial charge in [0.15, 0.2) is 17.3 Å². The summed E-state index contributed by atoms with van der Waals surface area (Å²) in [5, 5.41) is 13.7. The van der Waals surface area contributed by atoms with Crippen LogP contribution in [0.1, 0.15) is 36.3 Å². The molecule has 1 fully saturated rings. The first-order valence-electron chi connectivity index (χ1n) is 12.9. The molecule has 0 unspecified atom stereocenters. The average Bonchev–Trinajstić information content (AvgIpc) is 3.59. The quantitative estimate of drug-likeness (QED) is 0.377. The number of benzene rings is 2. The highest BCUT2D eigenvalue weighted by molar-refractivity contribution is 5.83. The number of fused-ring (bicyclic) bond motifs is 2. The molecule has 11 nitrogen and oxygen atoms in total. The van der Waals surface area contributed by atoms with Gasteiger partial charge in [0.2, 0.25) is 6.79 Å². The van der Waals surface area contributed by atoms with Crippen LogP contribution in [0.15, 0.2) is 47.3 Å². The number of ether oxygens (including phenoxy) is 3. The monoisotopic (exact) mass is 517 g/mol. The summed E-state index contributed by atoms with van der Waals surface area (Å²) >= 11 is 0. The van der Waals surface area contributed by atoms with Crippen LogP contribution in [0.3, 0.4) is 0 Å². The van der Waals surface area contributed by atoms with E-state index in [9.17, 15) is 4.79 Å². The summed E-state index contributed by atoms with van der Waals surface area (Å²) in [6, 6.07) is 13.1. The van der Waals surface area contributed by atoms with Gasteiger partial charge in [-0.3, -0.25) is 9.69 Å². The van der Waals surface area contributed by atoms with Crippen LogP contribution in [0.2, 0.25) is 0 Å². The predicted molar refractivity (Wildman–Crippen MR) is 141 cm³/mol. The molecule has 0 aliphatic carbocycles. The van der Waals surface area contributed by atoms with Crippen molar-refractivity contribution in [2.24, 2.45) is 0 Å². The van der Waals surface area contributed by atoms with E-state index < -0.39 is 6.04 Å². The summed E-state index contributed by atoms with van der Waals surface area (Å²) in [6.45, 7) is 7.37. The lowest BCUT2D eigenvalue weighted by atomic mass is 10.0. The van der Waals surface area contributed by atoms with Crippen molar-refractivity contribution >= 4 is 10.9 Å². The SMILES string of the molecule is CCCN1CCN([C@H](c2cc3cc4c(cc3[nH]c2=O)OCO4)c2nnnn2Cc2ccc(OC)cc2)CC1. The number of rotatable bonds is 8. The van der Waals surface area contributed by atoms with Gasteiger partial charge in [0.1, 0.15) is 11.8 Å². The minimum Gasteiger partial charge on any atom is -0.497 e. The normalized spacial score (nSPS) is 16.7. The molecule has 2 aliphatic rings. The highest BCUT2D eigenvalue weighted by atomic mass is 16.7. The van der Waals surface area contributed by atoms with Crippen LogP contribution < -0.4 is 19.8 Å². The van der Waals surface area contributed by atoms with E-state index in [1.165, 1.54) is 0 Å². The molecule has 2 aliphatic heterocycles. The van der Waals surface area contributed by atoms with Gasteiger partial charge in [-0.25, -0.2) is 4.68 Å². The van der Waals surface area contributed by atoms with Crippen molar-refractivity contribution in [2.45, 2.75) is 25.9 Å². The van der Waals surface area contributed by atoms with Crippen LogP contribution in [-0.4, -0.2) is 81.6 Å². The smallest absolute Gasteiger partial charge is 0.253 e. The van der Waals surface area contributed by atoms with E-state index in [1.54, 1.807) is 11.8 Å². The Balaban J connectivity index is 1.40. The standard InChI is InChI=1S/C27H31N7O4/c1-3-8-32-9-11-33(12-10-32)25(26-29-30-31-34(26)16-18-4-6-20(36-2)7-5-18)21-13-19-14-23-24(38-17-37-23)15-22(19)28-27(21)35/h4-7,13-15,25H,3,8-12,16-17H2,1-2H3,(H,28,35)/t25-/m1/s1. The molecule has 1 saturated heterocycles. The predicted octanol–water partition coefficient (Wildman–Crippen LogP) is 2.42. The number of tetrazole rings is 1. The fraction of sp³-hybridized carbons (Fsp3) is 0.407. The molecule has 38 heavy (non-hydrogen) atoms. The van der Waals surface area contributed by atoms with Crippen LogP contribution in [-0.2, 0) is 6.54 Å². The highest BCUT2D eigenvalue weighted by Crippen LogP contribution is 2.36. The molecule has 198 valence electrons. The number of nitrogens with one attached hydrogen (secondary N) is 1. The van der Waals surface area contributed by atoms with Crippen LogP contribution in [0.4, 0.5) is 0 Å². The van der Waals surface area contributed by atoms with Gasteiger partial charge in [-0.15, -0.1) is 5.10 Å². The zero-order chi connectivity index (χ0) is 26.1. The van der Waals surface area contributed by atoms with Gasteiger partial charge >= 0.3 is 0 Å². The lowest BCUT2D eigenvalue weighted by Crippen LogP contribution is -2.49. The maximum Gasteiger partial charge on any atom is 0.253 e. The summed E-state index contributed by atoms with van der Waals surface area (Å²) in [7, 11) is 1.65. The molecular weight excluding hydrogens is 486 g/mol. The van der Waals surface area contributed by atoms with Gasteiger partial charge in [0.25, 0.3) is 5.56 Å². The summed E-state index contributed by atoms with van der Waals surface area (Å²) < 4.78 is 18.2. The molecule has 4 heterocycles. The number of aromatic amines is 1. The Bertz CT molecular complexity index is 1480. The Morgan fingerprint density at radius 1 is 1.05 bits per heavy atom. The number of aromatic nitrogens is 5. The number of hydrogen-bond acceptors (Lipinski definition) is 9. The van der Waals surface area contributed by atoms with Crippen molar-refractivity contribution in [1.82, 2.24) is 35.0 Å². The van der Waals surface area contributed by atoms with Crippen molar-refractivity contribution in [2.75, 3.05) is 46.6 Å².